The SMILES string of the molecule is C#Cc1cccc(Nc2ncnc3ccc(NC(=O)Nc4ccc(N(CCCl)CCCl)cc4)cc23)c1. The molecule has 0 aliphatic heterocycles. The van der Waals surface area contributed by atoms with E-state index in [1.807, 2.05) is 60.7 Å². The number of terminal acetylenes is 1. The third-order valence-corrected chi connectivity index (χ3v) is 5.72. The molecule has 0 unspecified atom stereocenters. The second-order valence-corrected chi connectivity index (χ2v) is 8.55. The van der Waals surface area contributed by atoms with Crippen LogP contribution in [0.1, 0.15) is 5.56 Å². The number of aromatic nitrogens is 2. The van der Waals surface area contributed by atoms with Crippen LogP contribution in [0, 0.1) is 12.3 Å². The van der Waals surface area contributed by atoms with E-state index < -0.39 is 0 Å². The fraction of sp³-hybridized carbons (Fsp3) is 0.148. The molecule has 0 atom stereocenters. The lowest BCUT2D eigenvalue weighted by molar-refractivity contribution is 0.262. The summed E-state index contributed by atoms with van der Waals surface area (Å²) in [5, 5.41) is 9.75. The largest absolute Gasteiger partial charge is 0.369 e. The quantitative estimate of drug-likeness (QED) is 0.179. The van der Waals surface area contributed by atoms with Crippen molar-refractivity contribution in [3.63, 3.8) is 0 Å². The molecule has 0 fully saturated rings. The number of nitrogens with zero attached hydrogens (tertiary/aromatic N) is 3. The van der Waals surface area contributed by atoms with Gasteiger partial charge >= 0.3 is 6.03 Å². The standard InChI is InChI=1S/C27H24Cl2N6O/c1-2-19-4-3-5-21(16-19)32-26-24-17-22(8-11-25(24)30-18-31-26)34-27(36)33-20-6-9-23(10-7-20)35(14-12-28)15-13-29/h1,3-11,16-18H,12-15H2,(H,30,31,32)(H2,33,34,36). The molecule has 7 nitrogen and oxygen atoms in total. The highest BCUT2D eigenvalue weighted by Gasteiger charge is 2.10. The maximum atomic E-state index is 12.7. The second-order valence-electron chi connectivity index (χ2n) is 7.80. The Balaban J connectivity index is 1.46. The van der Waals surface area contributed by atoms with Crippen molar-refractivity contribution in [2.75, 3.05) is 45.7 Å². The van der Waals surface area contributed by atoms with Crippen LogP contribution in [0.4, 0.5) is 33.4 Å². The number of halogens is 2. The molecule has 3 aromatic carbocycles. The first-order valence-electron chi connectivity index (χ1n) is 11.2. The molecular weight excluding hydrogens is 495 g/mol. The average molecular weight is 519 g/mol. The fourth-order valence-corrected chi connectivity index (χ4v) is 4.09. The summed E-state index contributed by atoms with van der Waals surface area (Å²) in [6, 6.07) is 20.1. The van der Waals surface area contributed by atoms with Gasteiger partial charge in [-0.1, -0.05) is 12.0 Å². The van der Waals surface area contributed by atoms with Crippen molar-refractivity contribution in [3.05, 3.63) is 78.6 Å². The smallest absolute Gasteiger partial charge is 0.323 e. The molecule has 0 bridgehead atoms. The van der Waals surface area contributed by atoms with Gasteiger partial charge in [0.15, 0.2) is 0 Å². The van der Waals surface area contributed by atoms with Gasteiger partial charge in [0, 0.05) is 58.5 Å². The fourth-order valence-electron chi connectivity index (χ4n) is 3.68. The highest BCUT2D eigenvalue weighted by Crippen LogP contribution is 2.26. The van der Waals surface area contributed by atoms with Crippen LogP contribution in [0.25, 0.3) is 10.9 Å². The van der Waals surface area contributed by atoms with Crippen molar-refractivity contribution in [1.82, 2.24) is 9.97 Å². The van der Waals surface area contributed by atoms with Crippen LogP contribution < -0.4 is 20.9 Å². The Labute approximate surface area is 219 Å². The normalized spacial score (nSPS) is 10.5. The molecule has 1 aromatic heterocycles. The molecule has 0 saturated carbocycles. The Bertz CT molecular complexity index is 1380. The minimum Gasteiger partial charge on any atom is -0.369 e. The summed E-state index contributed by atoms with van der Waals surface area (Å²) >= 11 is 11.8. The molecule has 0 aliphatic carbocycles. The third kappa shape index (κ3) is 6.36. The van der Waals surface area contributed by atoms with Gasteiger partial charge < -0.3 is 20.9 Å². The van der Waals surface area contributed by atoms with E-state index in [1.165, 1.54) is 6.33 Å². The first kappa shape index (κ1) is 25.1. The highest BCUT2D eigenvalue weighted by atomic mass is 35.5. The van der Waals surface area contributed by atoms with Gasteiger partial charge in [-0.15, -0.1) is 29.6 Å². The molecule has 9 heteroatoms. The summed E-state index contributed by atoms with van der Waals surface area (Å²) < 4.78 is 0. The zero-order valence-electron chi connectivity index (χ0n) is 19.3. The van der Waals surface area contributed by atoms with Crippen LogP contribution in [-0.2, 0) is 0 Å². The molecule has 4 aromatic rings. The van der Waals surface area contributed by atoms with Crippen molar-refractivity contribution >= 4 is 68.7 Å². The van der Waals surface area contributed by atoms with Crippen LogP contribution in [0.3, 0.4) is 0 Å². The van der Waals surface area contributed by atoms with E-state index in [1.54, 1.807) is 6.07 Å². The molecule has 0 radical (unpaired) electrons. The lowest BCUT2D eigenvalue weighted by Gasteiger charge is -2.23. The predicted octanol–water partition coefficient (Wildman–Crippen LogP) is 6.28. The van der Waals surface area contributed by atoms with Crippen molar-refractivity contribution in [2.45, 2.75) is 0 Å². The zero-order chi connectivity index (χ0) is 25.3. The van der Waals surface area contributed by atoms with E-state index in [4.69, 9.17) is 29.6 Å². The number of urea groups is 1. The Hall–Kier alpha value is -3.99. The number of alkyl halides is 2. The molecule has 3 N–H and O–H groups in total. The summed E-state index contributed by atoms with van der Waals surface area (Å²) in [7, 11) is 0. The molecule has 1 heterocycles. The molecule has 4 rings (SSSR count). The summed E-state index contributed by atoms with van der Waals surface area (Å²) in [6.45, 7) is 1.39. The van der Waals surface area contributed by atoms with Crippen molar-refractivity contribution < 1.29 is 4.79 Å². The maximum absolute atomic E-state index is 12.7. The summed E-state index contributed by atoms with van der Waals surface area (Å²) in [6.07, 6.45) is 6.99. The predicted molar refractivity (Wildman–Crippen MR) is 150 cm³/mol. The van der Waals surface area contributed by atoms with Gasteiger partial charge in [0.05, 0.1) is 5.52 Å². The van der Waals surface area contributed by atoms with E-state index >= 15 is 0 Å². The number of hydrogen-bond donors (Lipinski definition) is 3. The Morgan fingerprint density at radius 1 is 0.889 bits per heavy atom. The summed E-state index contributed by atoms with van der Waals surface area (Å²) in [5.74, 6) is 4.23. The van der Waals surface area contributed by atoms with Crippen molar-refractivity contribution in [2.24, 2.45) is 0 Å². The van der Waals surface area contributed by atoms with Crippen molar-refractivity contribution in [3.8, 4) is 12.3 Å². The minimum absolute atomic E-state index is 0.367. The number of carbonyl (C=O) groups is 1. The van der Waals surface area contributed by atoms with Gasteiger partial charge in [-0.25, -0.2) is 14.8 Å². The Morgan fingerprint density at radius 3 is 2.33 bits per heavy atom. The van der Waals surface area contributed by atoms with Crippen LogP contribution in [0.5, 0.6) is 0 Å². The summed E-state index contributed by atoms with van der Waals surface area (Å²) in [4.78, 5) is 23.4. The van der Waals surface area contributed by atoms with Crippen LogP contribution >= 0.6 is 23.2 Å². The van der Waals surface area contributed by atoms with Gasteiger partial charge in [-0.05, 0) is 60.7 Å². The Kier molecular flexibility index (Phi) is 8.45. The van der Waals surface area contributed by atoms with Gasteiger partial charge in [-0.3, -0.25) is 0 Å². The maximum Gasteiger partial charge on any atom is 0.323 e. The number of amides is 2. The number of anilines is 5. The monoisotopic (exact) mass is 518 g/mol. The molecule has 36 heavy (non-hydrogen) atoms. The van der Waals surface area contributed by atoms with E-state index in [2.05, 4.69) is 36.7 Å². The van der Waals surface area contributed by atoms with Gasteiger partial charge in [-0.2, -0.15) is 0 Å². The minimum atomic E-state index is -0.367. The third-order valence-electron chi connectivity index (χ3n) is 5.38. The van der Waals surface area contributed by atoms with Crippen LogP contribution in [-0.4, -0.2) is 40.8 Å². The van der Waals surface area contributed by atoms with Gasteiger partial charge in [0.2, 0.25) is 0 Å². The molecular formula is C27H24Cl2N6O. The average Bonchev–Trinajstić information content (AvgIpc) is 2.89. The van der Waals surface area contributed by atoms with E-state index in [0.29, 0.717) is 42.0 Å². The number of carbonyl (C=O) groups excluding carboxylic acids is 1. The summed E-state index contributed by atoms with van der Waals surface area (Å²) in [5.41, 5.74) is 4.55. The van der Waals surface area contributed by atoms with Gasteiger partial charge in [0.25, 0.3) is 0 Å². The lowest BCUT2D eigenvalue weighted by Crippen LogP contribution is -2.27. The molecule has 2 amide bonds. The molecule has 0 aliphatic rings. The number of nitrogens with one attached hydrogen (secondary N) is 3. The Morgan fingerprint density at radius 2 is 1.61 bits per heavy atom. The van der Waals surface area contributed by atoms with E-state index in [0.717, 1.165) is 27.8 Å². The van der Waals surface area contributed by atoms with Crippen molar-refractivity contribution in [1.29, 1.82) is 0 Å². The number of rotatable bonds is 9. The van der Waals surface area contributed by atoms with E-state index in [9.17, 15) is 4.79 Å². The lowest BCUT2D eigenvalue weighted by atomic mass is 10.2. The molecule has 0 saturated heterocycles. The van der Waals surface area contributed by atoms with Crippen LogP contribution in [0.15, 0.2) is 73.1 Å². The van der Waals surface area contributed by atoms with E-state index in [-0.39, 0.29) is 6.03 Å². The number of hydrogen-bond acceptors (Lipinski definition) is 5. The van der Waals surface area contributed by atoms with Crippen LogP contribution in [0.2, 0.25) is 0 Å². The topological polar surface area (TPSA) is 82.2 Å². The number of fused-ring (bicyclic) bond motifs is 1. The first-order valence-corrected chi connectivity index (χ1v) is 12.3. The highest BCUT2D eigenvalue weighted by molar-refractivity contribution is 6.18. The zero-order valence-corrected chi connectivity index (χ0v) is 20.9. The molecule has 0 spiro atoms. The number of benzene rings is 3. The second kappa shape index (κ2) is 12.1. The van der Waals surface area contributed by atoms with Gasteiger partial charge in [0.1, 0.15) is 12.1 Å². The first-order chi connectivity index (χ1) is 17.6. The molecule has 182 valence electrons.